The van der Waals surface area contributed by atoms with E-state index in [1.54, 1.807) is 37.4 Å². The summed E-state index contributed by atoms with van der Waals surface area (Å²) in [6, 6.07) is 8.11. The number of pyridine rings is 1. The van der Waals surface area contributed by atoms with Gasteiger partial charge in [0.1, 0.15) is 5.76 Å². The zero-order chi connectivity index (χ0) is 18.0. The third-order valence-corrected chi connectivity index (χ3v) is 5.45. The number of rotatable bonds is 5. The highest BCUT2D eigenvalue weighted by atomic mass is 32.2. The highest BCUT2D eigenvalue weighted by Crippen LogP contribution is 2.24. The molecule has 0 aliphatic carbocycles. The van der Waals surface area contributed by atoms with Crippen LogP contribution in [-0.4, -0.2) is 42.4 Å². The molecule has 3 rings (SSSR count). The molecule has 1 aromatic carbocycles. The molecule has 3 aromatic rings. The maximum Gasteiger partial charge on any atom is 0.243 e. The molecule has 0 unspecified atom stereocenters. The van der Waals surface area contributed by atoms with Gasteiger partial charge < -0.3 is 9.84 Å². The molecular formula is C16H16N4O4S. The van der Waals surface area contributed by atoms with E-state index < -0.39 is 15.9 Å². The number of aryl methyl sites for hydroxylation is 1. The predicted octanol–water partition coefficient (Wildman–Crippen LogP) is 1.79. The first-order valence-corrected chi connectivity index (χ1v) is 8.84. The van der Waals surface area contributed by atoms with E-state index >= 15 is 0 Å². The second kappa shape index (κ2) is 6.61. The van der Waals surface area contributed by atoms with Crippen LogP contribution in [-0.2, 0) is 14.8 Å². The number of likely N-dealkylation sites (N-methyl/N-ethyl adjacent to an activating group) is 1. The molecule has 0 fully saturated rings. The lowest BCUT2D eigenvalue weighted by molar-refractivity contribution is -0.116. The van der Waals surface area contributed by atoms with E-state index in [-0.39, 0.29) is 17.3 Å². The van der Waals surface area contributed by atoms with E-state index in [1.807, 2.05) is 0 Å². The number of carbonyl (C=O) groups is 1. The third kappa shape index (κ3) is 3.52. The monoisotopic (exact) mass is 360 g/mol. The van der Waals surface area contributed by atoms with Crippen molar-refractivity contribution in [1.29, 1.82) is 0 Å². The van der Waals surface area contributed by atoms with E-state index in [0.29, 0.717) is 16.5 Å². The Balaban J connectivity index is 1.82. The largest absolute Gasteiger partial charge is 0.360 e. The number of hydrogen-bond donors (Lipinski definition) is 1. The van der Waals surface area contributed by atoms with Gasteiger partial charge in [-0.25, -0.2) is 8.42 Å². The van der Waals surface area contributed by atoms with Gasteiger partial charge in [0.15, 0.2) is 5.82 Å². The van der Waals surface area contributed by atoms with Crippen LogP contribution in [0.5, 0.6) is 0 Å². The minimum Gasteiger partial charge on any atom is -0.360 e. The Morgan fingerprint density at radius 1 is 1.32 bits per heavy atom. The normalized spacial score (nSPS) is 11.8. The van der Waals surface area contributed by atoms with Crippen molar-refractivity contribution in [2.75, 3.05) is 18.9 Å². The van der Waals surface area contributed by atoms with Crippen molar-refractivity contribution in [2.24, 2.45) is 0 Å². The van der Waals surface area contributed by atoms with Crippen molar-refractivity contribution in [2.45, 2.75) is 11.8 Å². The first-order valence-electron chi connectivity index (χ1n) is 7.40. The fraction of sp³-hybridized carbons (Fsp3) is 0.188. The van der Waals surface area contributed by atoms with Gasteiger partial charge in [-0.15, -0.1) is 0 Å². The van der Waals surface area contributed by atoms with Gasteiger partial charge >= 0.3 is 0 Å². The number of sulfonamides is 1. The maximum absolute atomic E-state index is 12.8. The summed E-state index contributed by atoms with van der Waals surface area (Å²) in [4.78, 5) is 16.2. The molecule has 0 saturated heterocycles. The van der Waals surface area contributed by atoms with Gasteiger partial charge in [0.2, 0.25) is 15.9 Å². The summed E-state index contributed by atoms with van der Waals surface area (Å²) in [6.07, 6.45) is 3.12. The van der Waals surface area contributed by atoms with Gasteiger partial charge in [-0.05, 0) is 19.1 Å². The van der Waals surface area contributed by atoms with Crippen molar-refractivity contribution in [3.8, 4) is 0 Å². The molecule has 0 atom stereocenters. The lowest BCUT2D eigenvalue weighted by Gasteiger charge is -2.17. The molecule has 0 saturated carbocycles. The van der Waals surface area contributed by atoms with E-state index in [9.17, 15) is 13.2 Å². The molecule has 130 valence electrons. The zero-order valence-corrected chi connectivity index (χ0v) is 14.4. The van der Waals surface area contributed by atoms with Crippen molar-refractivity contribution in [1.82, 2.24) is 14.4 Å². The van der Waals surface area contributed by atoms with Crippen molar-refractivity contribution in [3.05, 3.63) is 48.5 Å². The fourth-order valence-corrected chi connectivity index (χ4v) is 3.72. The second-order valence-corrected chi connectivity index (χ2v) is 7.50. The van der Waals surface area contributed by atoms with E-state index in [1.165, 1.54) is 19.3 Å². The Hall–Kier alpha value is -2.78. The molecule has 1 N–H and O–H groups in total. The Morgan fingerprint density at radius 3 is 2.84 bits per heavy atom. The standard InChI is InChI=1S/C16H16N4O4S/c1-11-8-15(19-24-11)18-16(21)10-20(2)25(22,23)14-5-3-4-12-9-17-7-6-13(12)14/h3-9H,10H2,1-2H3,(H,18,19,21). The molecule has 2 aromatic heterocycles. The van der Waals surface area contributed by atoms with Crippen LogP contribution in [0.4, 0.5) is 5.82 Å². The number of nitrogens with zero attached hydrogens (tertiary/aromatic N) is 3. The SMILES string of the molecule is Cc1cc(NC(=O)CN(C)S(=O)(=O)c2cccc3cnccc23)no1. The minimum atomic E-state index is -3.85. The summed E-state index contributed by atoms with van der Waals surface area (Å²) in [6.45, 7) is 1.34. The molecule has 25 heavy (non-hydrogen) atoms. The van der Waals surface area contributed by atoms with Gasteiger partial charge in [0.25, 0.3) is 0 Å². The quantitative estimate of drug-likeness (QED) is 0.744. The van der Waals surface area contributed by atoms with Gasteiger partial charge in [0.05, 0.1) is 11.4 Å². The van der Waals surface area contributed by atoms with Gasteiger partial charge in [-0.3, -0.25) is 9.78 Å². The Labute approximate surface area is 144 Å². The highest BCUT2D eigenvalue weighted by Gasteiger charge is 2.25. The van der Waals surface area contributed by atoms with Crippen LogP contribution in [0, 0.1) is 6.92 Å². The summed E-state index contributed by atoms with van der Waals surface area (Å²) >= 11 is 0. The number of fused-ring (bicyclic) bond motifs is 1. The van der Waals surface area contributed by atoms with E-state index in [2.05, 4.69) is 15.5 Å². The number of benzene rings is 1. The summed E-state index contributed by atoms with van der Waals surface area (Å²) < 4.78 is 31.5. The number of aromatic nitrogens is 2. The number of amides is 1. The molecular weight excluding hydrogens is 344 g/mol. The van der Waals surface area contributed by atoms with Crippen molar-refractivity contribution >= 4 is 32.5 Å². The highest BCUT2D eigenvalue weighted by molar-refractivity contribution is 7.89. The number of anilines is 1. The minimum absolute atomic E-state index is 0.125. The topological polar surface area (TPSA) is 105 Å². The smallest absolute Gasteiger partial charge is 0.243 e. The maximum atomic E-state index is 12.8. The Morgan fingerprint density at radius 2 is 2.12 bits per heavy atom. The Kier molecular flexibility index (Phi) is 4.51. The first-order chi connectivity index (χ1) is 11.9. The van der Waals surface area contributed by atoms with Crippen LogP contribution in [0.1, 0.15) is 5.76 Å². The van der Waals surface area contributed by atoms with Crippen molar-refractivity contribution in [3.63, 3.8) is 0 Å². The summed E-state index contributed by atoms with van der Waals surface area (Å²) in [5, 5.41) is 7.40. The molecule has 9 heteroatoms. The molecule has 1 amide bonds. The summed E-state index contributed by atoms with van der Waals surface area (Å²) in [7, 11) is -2.50. The predicted molar refractivity (Wildman–Crippen MR) is 91.4 cm³/mol. The van der Waals surface area contributed by atoms with E-state index in [0.717, 1.165) is 4.31 Å². The summed E-state index contributed by atoms with van der Waals surface area (Å²) in [5.41, 5.74) is 0. The van der Waals surface area contributed by atoms with Gasteiger partial charge in [0, 0.05) is 36.3 Å². The van der Waals surface area contributed by atoms with Crippen LogP contribution in [0.15, 0.2) is 52.1 Å². The first kappa shape index (κ1) is 17.1. The molecule has 8 nitrogen and oxygen atoms in total. The van der Waals surface area contributed by atoms with Gasteiger partial charge in [-0.1, -0.05) is 17.3 Å². The molecule has 0 spiro atoms. The molecule has 2 heterocycles. The molecule has 0 radical (unpaired) electrons. The average Bonchev–Trinajstić information content (AvgIpc) is 2.98. The Bertz CT molecular complexity index is 1020. The fourth-order valence-electron chi connectivity index (χ4n) is 2.38. The summed E-state index contributed by atoms with van der Waals surface area (Å²) in [5.74, 6) is 0.270. The zero-order valence-electron chi connectivity index (χ0n) is 13.6. The number of carbonyl (C=O) groups excluding carboxylic acids is 1. The van der Waals surface area contributed by atoms with Crippen LogP contribution in [0.3, 0.4) is 0 Å². The number of hydrogen-bond acceptors (Lipinski definition) is 6. The van der Waals surface area contributed by atoms with Crippen LogP contribution in [0.25, 0.3) is 10.8 Å². The lowest BCUT2D eigenvalue weighted by Crippen LogP contribution is -2.35. The van der Waals surface area contributed by atoms with Crippen LogP contribution < -0.4 is 5.32 Å². The van der Waals surface area contributed by atoms with Crippen molar-refractivity contribution < 1.29 is 17.7 Å². The third-order valence-electron chi connectivity index (χ3n) is 3.59. The molecule has 0 aliphatic rings. The lowest BCUT2D eigenvalue weighted by atomic mass is 10.2. The number of nitrogens with one attached hydrogen (secondary N) is 1. The van der Waals surface area contributed by atoms with Crippen LogP contribution in [0.2, 0.25) is 0 Å². The van der Waals surface area contributed by atoms with E-state index in [4.69, 9.17) is 4.52 Å². The van der Waals surface area contributed by atoms with Gasteiger partial charge in [-0.2, -0.15) is 4.31 Å². The second-order valence-electron chi connectivity index (χ2n) is 5.49. The molecule has 0 aliphatic heterocycles. The van der Waals surface area contributed by atoms with Crippen LogP contribution >= 0.6 is 0 Å². The molecule has 0 bridgehead atoms. The average molecular weight is 360 g/mol.